The van der Waals surface area contributed by atoms with Crippen molar-refractivity contribution in [3.8, 4) is 0 Å². The Labute approximate surface area is 115 Å². The molecule has 0 aliphatic carbocycles. The molecule has 6 nitrogen and oxygen atoms in total. The Kier molecular flexibility index (Phi) is 2.78. The van der Waals surface area contributed by atoms with E-state index < -0.39 is 0 Å². The molecule has 0 unspecified atom stereocenters. The first-order chi connectivity index (χ1) is 9.06. The van der Waals surface area contributed by atoms with Gasteiger partial charge in [0.15, 0.2) is 10.4 Å². The average Bonchev–Trinajstić information content (AvgIpc) is 2.97. The van der Waals surface area contributed by atoms with Crippen LogP contribution in [0.25, 0.3) is 11.2 Å². The second kappa shape index (κ2) is 4.34. The van der Waals surface area contributed by atoms with Crippen molar-refractivity contribution in [2.24, 2.45) is 14.1 Å². The number of aryl methyl sites for hydroxylation is 5. The number of aromatic amines is 1. The Morgan fingerprint density at radius 3 is 2.84 bits per heavy atom. The Hall–Kier alpha value is -1.89. The summed E-state index contributed by atoms with van der Waals surface area (Å²) >= 11 is 5.39. The van der Waals surface area contributed by atoms with Crippen molar-refractivity contribution >= 4 is 23.4 Å². The molecule has 0 amide bonds. The fourth-order valence-electron chi connectivity index (χ4n) is 2.42. The lowest BCUT2D eigenvalue weighted by atomic mass is 10.2. The fraction of sp³-hybridized carbons (Fsp3) is 0.417. The molecule has 0 saturated heterocycles. The van der Waals surface area contributed by atoms with Gasteiger partial charge in [-0.15, -0.1) is 0 Å². The van der Waals surface area contributed by atoms with E-state index in [0.29, 0.717) is 0 Å². The van der Waals surface area contributed by atoms with E-state index in [1.807, 2.05) is 42.8 Å². The van der Waals surface area contributed by atoms with Gasteiger partial charge in [0.1, 0.15) is 5.52 Å². The molecule has 3 aromatic rings. The molecule has 0 aliphatic heterocycles. The monoisotopic (exact) mass is 276 g/mol. The first kappa shape index (κ1) is 12.2. The van der Waals surface area contributed by atoms with Crippen LogP contribution in [0.2, 0.25) is 0 Å². The minimum atomic E-state index is 0.745. The maximum Gasteiger partial charge on any atom is 0.179 e. The lowest BCUT2D eigenvalue weighted by molar-refractivity contribution is 0.664. The molecule has 3 aromatic heterocycles. The number of H-pyrrole nitrogens is 1. The molecule has 3 heterocycles. The second-order valence-electron chi connectivity index (χ2n) is 4.76. The number of hydrogen-bond donors (Lipinski definition) is 1. The number of nitrogens with one attached hydrogen (secondary N) is 1. The number of hydrogen-bond acceptors (Lipinski definition) is 3. The maximum atomic E-state index is 5.39. The van der Waals surface area contributed by atoms with Crippen molar-refractivity contribution in [2.75, 3.05) is 0 Å². The molecule has 100 valence electrons. The molecule has 0 bridgehead atoms. The molecule has 19 heavy (non-hydrogen) atoms. The Balaban J connectivity index is 1.96. The number of rotatable bonds is 3. The molecule has 3 rings (SSSR count). The van der Waals surface area contributed by atoms with Crippen molar-refractivity contribution in [2.45, 2.75) is 19.9 Å². The zero-order valence-corrected chi connectivity index (χ0v) is 12.0. The summed E-state index contributed by atoms with van der Waals surface area (Å²) in [5.74, 6) is 0. The van der Waals surface area contributed by atoms with Crippen LogP contribution in [0.15, 0.2) is 12.4 Å². The minimum Gasteiger partial charge on any atom is -0.328 e. The van der Waals surface area contributed by atoms with E-state index in [4.69, 9.17) is 12.2 Å². The van der Waals surface area contributed by atoms with Crippen molar-refractivity contribution < 1.29 is 0 Å². The summed E-state index contributed by atoms with van der Waals surface area (Å²) in [6, 6.07) is 0. The normalized spacial score (nSPS) is 11.5. The average molecular weight is 276 g/mol. The van der Waals surface area contributed by atoms with Crippen LogP contribution in [0.5, 0.6) is 0 Å². The largest absolute Gasteiger partial charge is 0.328 e. The molecular weight excluding hydrogens is 260 g/mol. The van der Waals surface area contributed by atoms with E-state index >= 15 is 0 Å². The van der Waals surface area contributed by atoms with Gasteiger partial charge in [-0.25, -0.2) is 0 Å². The van der Waals surface area contributed by atoms with E-state index in [1.54, 1.807) is 0 Å². The van der Waals surface area contributed by atoms with Crippen LogP contribution in [0.4, 0.5) is 0 Å². The van der Waals surface area contributed by atoms with E-state index in [1.165, 1.54) is 5.56 Å². The first-order valence-electron chi connectivity index (χ1n) is 6.16. The highest BCUT2D eigenvalue weighted by molar-refractivity contribution is 7.71. The summed E-state index contributed by atoms with van der Waals surface area (Å²) in [5.41, 5.74) is 4.26. The Morgan fingerprint density at radius 2 is 2.16 bits per heavy atom. The maximum absolute atomic E-state index is 5.39. The lowest BCUT2D eigenvalue weighted by Gasteiger charge is -2.03. The summed E-state index contributed by atoms with van der Waals surface area (Å²) in [4.78, 5) is 3.23. The van der Waals surface area contributed by atoms with Gasteiger partial charge < -0.3 is 9.55 Å². The SMILES string of the molecule is Cc1nn(C)c2c1[nH]c(=S)n2CCc1cnn(C)c1. The Bertz CT molecular complexity index is 787. The standard InChI is InChI=1S/C12H16N6S/c1-8-10-11(17(3)15-8)18(12(19)14-10)5-4-9-6-13-16(2)7-9/h6-7H,4-5H2,1-3H3,(H,14,19). The van der Waals surface area contributed by atoms with Gasteiger partial charge in [0.05, 0.1) is 11.9 Å². The number of aromatic nitrogens is 6. The van der Waals surface area contributed by atoms with E-state index in [9.17, 15) is 0 Å². The Morgan fingerprint density at radius 1 is 1.37 bits per heavy atom. The van der Waals surface area contributed by atoms with Crippen molar-refractivity contribution in [1.82, 2.24) is 29.1 Å². The van der Waals surface area contributed by atoms with Crippen LogP contribution in [0.3, 0.4) is 0 Å². The highest BCUT2D eigenvalue weighted by atomic mass is 32.1. The number of nitrogens with zero attached hydrogens (tertiary/aromatic N) is 5. The summed E-state index contributed by atoms with van der Waals surface area (Å²) in [6.45, 7) is 2.81. The van der Waals surface area contributed by atoms with E-state index in [2.05, 4.69) is 19.7 Å². The van der Waals surface area contributed by atoms with Gasteiger partial charge in [0, 0.05) is 26.8 Å². The summed E-state index contributed by atoms with van der Waals surface area (Å²) < 4.78 is 6.53. The van der Waals surface area contributed by atoms with Crippen LogP contribution in [0, 0.1) is 11.7 Å². The topological polar surface area (TPSA) is 56.4 Å². The summed E-state index contributed by atoms with van der Waals surface area (Å²) in [7, 11) is 3.87. The third-order valence-electron chi connectivity index (χ3n) is 3.31. The highest BCUT2D eigenvalue weighted by Crippen LogP contribution is 2.17. The minimum absolute atomic E-state index is 0.745. The summed E-state index contributed by atoms with van der Waals surface area (Å²) in [5, 5.41) is 8.59. The molecule has 1 N–H and O–H groups in total. The van der Waals surface area contributed by atoms with E-state index in [0.717, 1.165) is 34.6 Å². The molecule has 7 heteroatoms. The predicted molar refractivity (Wildman–Crippen MR) is 75.5 cm³/mol. The lowest BCUT2D eigenvalue weighted by Crippen LogP contribution is -2.05. The molecule has 0 fully saturated rings. The molecular formula is C12H16N6S. The van der Waals surface area contributed by atoms with Gasteiger partial charge in [-0.1, -0.05) is 0 Å². The van der Waals surface area contributed by atoms with Crippen molar-refractivity contribution in [3.05, 3.63) is 28.4 Å². The van der Waals surface area contributed by atoms with Crippen LogP contribution < -0.4 is 0 Å². The van der Waals surface area contributed by atoms with E-state index in [-0.39, 0.29) is 0 Å². The summed E-state index contributed by atoms with van der Waals surface area (Å²) in [6.07, 6.45) is 4.82. The number of fused-ring (bicyclic) bond motifs is 1. The molecule has 0 aliphatic rings. The number of imidazole rings is 1. The van der Waals surface area contributed by atoms with Gasteiger partial charge in [-0.3, -0.25) is 9.36 Å². The van der Waals surface area contributed by atoms with Crippen LogP contribution in [-0.2, 0) is 27.1 Å². The first-order valence-corrected chi connectivity index (χ1v) is 6.56. The van der Waals surface area contributed by atoms with Gasteiger partial charge in [-0.05, 0) is 31.1 Å². The highest BCUT2D eigenvalue weighted by Gasteiger charge is 2.12. The van der Waals surface area contributed by atoms with Gasteiger partial charge in [0.25, 0.3) is 0 Å². The fourth-order valence-corrected chi connectivity index (χ4v) is 2.70. The molecule has 0 spiro atoms. The van der Waals surface area contributed by atoms with Crippen LogP contribution in [-0.4, -0.2) is 29.1 Å². The van der Waals surface area contributed by atoms with Crippen molar-refractivity contribution in [1.29, 1.82) is 0 Å². The molecule has 0 aromatic carbocycles. The third kappa shape index (κ3) is 1.99. The van der Waals surface area contributed by atoms with Crippen LogP contribution in [0.1, 0.15) is 11.3 Å². The molecule has 0 radical (unpaired) electrons. The quantitative estimate of drug-likeness (QED) is 0.741. The zero-order chi connectivity index (χ0) is 13.6. The van der Waals surface area contributed by atoms with Gasteiger partial charge in [0.2, 0.25) is 0 Å². The van der Waals surface area contributed by atoms with Gasteiger partial charge in [-0.2, -0.15) is 10.2 Å². The molecule has 0 saturated carbocycles. The predicted octanol–water partition coefficient (Wildman–Crippen LogP) is 1.72. The second-order valence-corrected chi connectivity index (χ2v) is 5.15. The smallest absolute Gasteiger partial charge is 0.179 e. The molecule has 0 atom stereocenters. The van der Waals surface area contributed by atoms with Crippen LogP contribution >= 0.6 is 12.2 Å². The van der Waals surface area contributed by atoms with Crippen molar-refractivity contribution in [3.63, 3.8) is 0 Å². The van der Waals surface area contributed by atoms with Gasteiger partial charge >= 0.3 is 0 Å². The third-order valence-corrected chi connectivity index (χ3v) is 3.63. The zero-order valence-electron chi connectivity index (χ0n) is 11.2.